The fraction of sp³-hybridized carbons (Fsp3) is 0.625. The molecule has 1 aromatic carbocycles. The molecule has 0 aliphatic heterocycles. The minimum absolute atomic E-state index is 0.446. The lowest BCUT2D eigenvalue weighted by molar-refractivity contribution is 0.230. The van der Waals surface area contributed by atoms with Crippen molar-refractivity contribution in [3.05, 3.63) is 34.9 Å². The summed E-state index contributed by atoms with van der Waals surface area (Å²) in [6.07, 6.45) is 6.77. The summed E-state index contributed by atoms with van der Waals surface area (Å²) in [6.45, 7) is 4.67. The Bertz CT molecular complexity index is 377. The first-order valence-electron chi connectivity index (χ1n) is 6.93. The molecule has 0 N–H and O–H groups in total. The Morgan fingerprint density at radius 3 is 2.22 bits per heavy atom. The van der Waals surface area contributed by atoms with Gasteiger partial charge in [-0.15, -0.1) is 0 Å². The van der Waals surface area contributed by atoms with Crippen LogP contribution in [0, 0.1) is 11.3 Å². The van der Waals surface area contributed by atoms with E-state index in [4.69, 9.17) is 11.6 Å². The van der Waals surface area contributed by atoms with Crippen molar-refractivity contribution in [3.8, 4) is 0 Å². The molecule has 0 bridgehead atoms. The molecule has 0 amide bonds. The van der Waals surface area contributed by atoms with Crippen molar-refractivity contribution in [2.45, 2.75) is 50.8 Å². The van der Waals surface area contributed by atoms with Gasteiger partial charge in [-0.2, -0.15) is 0 Å². The Hall–Kier alpha value is -0.0100. The lowest BCUT2D eigenvalue weighted by Crippen LogP contribution is -2.24. The summed E-state index contributed by atoms with van der Waals surface area (Å²) >= 11 is 9.96. The van der Waals surface area contributed by atoms with E-state index in [0.29, 0.717) is 10.2 Å². The van der Waals surface area contributed by atoms with Gasteiger partial charge in [-0.1, -0.05) is 66.4 Å². The summed E-state index contributed by atoms with van der Waals surface area (Å²) in [5.74, 6) is 0.760. The SMILES string of the molecule is CC(C)CC1(C(Br)c2ccc(Cl)cc2)CCCC1. The van der Waals surface area contributed by atoms with Gasteiger partial charge in [0.15, 0.2) is 0 Å². The van der Waals surface area contributed by atoms with Crippen LogP contribution in [-0.2, 0) is 0 Å². The van der Waals surface area contributed by atoms with Crippen LogP contribution in [0.5, 0.6) is 0 Å². The molecule has 1 atom stereocenters. The molecule has 1 aliphatic rings. The van der Waals surface area contributed by atoms with Crippen molar-refractivity contribution < 1.29 is 0 Å². The quantitative estimate of drug-likeness (QED) is 0.562. The van der Waals surface area contributed by atoms with Gasteiger partial charge >= 0.3 is 0 Å². The Kier molecular flexibility index (Phi) is 4.77. The molecule has 18 heavy (non-hydrogen) atoms. The van der Waals surface area contributed by atoms with Crippen molar-refractivity contribution in [3.63, 3.8) is 0 Å². The number of hydrogen-bond acceptors (Lipinski definition) is 0. The number of benzene rings is 1. The molecule has 0 nitrogen and oxygen atoms in total. The van der Waals surface area contributed by atoms with E-state index in [9.17, 15) is 0 Å². The minimum Gasteiger partial charge on any atom is -0.0843 e. The Labute approximate surface area is 124 Å². The van der Waals surface area contributed by atoms with Crippen LogP contribution in [0.3, 0.4) is 0 Å². The van der Waals surface area contributed by atoms with E-state index in [1.807, 2.05) is 12.1 Å². The van der Waals surface area contributed by atoms with Gasteiger partial charge in [0, 0.05) is 9.85 Å². The Balaban J connectivity index is 2.22. The van der Waals surface area contributed by atoms with Crippen molar-refractivity contribution in [1.29, 1.82) is 0 Å². The molecule has 100 valence electrons. The maximum Gasteiger partial charge on any atom is 0.0451 e. The maximum atomic E-state index is 5.98. The predicted octanol–water partition coefficient (Wildman–Crippen LogP) is 6.38. The molecule has 0 saturated heterocycles. The molecular weight excluding hydrogens is 308 g/mol. The van der Waals surface area contributed by atoms with Gasteiger partial charge in [0.1, 0.15) is 0 Å². The van der Waals surface area contributed by atoms with Gasteiger partial charge in [-0.3, -0.25) is 0 Å². The van der Waals surface area contributed by atoms with Gasteiger partial charge in [0.25, 0.3) is 0 Å². The lowest BCUT2D eigenvalue weighted by Gasteiger charge is -2.36. The molecule has 0 aromatic heterocycles. The Morgan fingerprint density at radius 1 is 1.17 bits per heavy atom. The standard InChI is InChI=1S/C16H22BrCl/c1-12(2)11-16(9-3-4-10-16)15(17)13-5-7-14(18)8-6-13/h5-8,12,15H,3-4,9-11H2,1-2H3. The van der Waals surface area contributed by atoms with Gasteiger partial charge < -0.3 is 0 Å². The fourth-order valence-corrected chi connectivity index (χ4v) is 4.51. The van der Waals surface area contributed by atoms with E-state index in [1.54, 1.807) is 0 Å². The summed E-state index contributed by atoms with van der Waals surface area (Å²) in [6, 6.07) is 8.34. The molecule has 1 aromatic rings. The third kappa shape index (κ3) is 3.11. The number of rotatable bonds is 4. The van der Waals surface area contributed by atoms with Crippen LogP contribution in [-0.4, -0.2) is 0 Å². The number of halogens is 2. The third-order valence-corrected chi connectivity index (χ3v) is 5.87. The summed E-state index contributed by atoms with van der Waals surface area (Å²) in [4.78, 5) is 0.465. The summed E-state index contributed by atoms with van der Waals surface area (Å²) < 4.78 is 0. The van der Waals surface area contributed by atoms with Crippen LogP contribution in [0.25, 0.3) is 0 Å². The van der Waals surface area contributed by atoms with Gasteiger partial charge in [0.05, 0.1) is 0 Å². The highest BCUT2D eigenvalue weighted by atomic mass is 79.9. The first-order valence-corrected chi connectivity index (χ1v) is 8.22. The summed E-state index contributed by atoms with van der Waals surface area (Å²) in [7, 11) is 0. The molecule has 1 aliphatic carbocycles. The predicted molar refractivity (Wildman–Crippen MR) is 83.5 cm³/mol. The monoisotopic (exact) mass is 328 g/mol. The first-order chi connectivity index (χ1) is 8.53. The normalized spacial score (nSPS) is 20.3. The Morgan fingerprint density at radius 2 is 1.72 bits per heavy atom. The highest BCUT2D eigenvalue weighted by Gasteiger charge is 2.40. The fourth-order valence-electron chi connectivity index (χ4n) is 3.44. The van der Waals surface area contributed by atoms with Crippen molar-refractivity contribution in [2.75, 3.05) is 0 Å². The second-order valence-corrected chi connectivity index (χ2v) is 7.43. The number of alkyl halides is 1. The van der Waals surface area contributed by atoms with Gasteiger partial charge in [0.2, 0.25) is 0 Å². The average molecular weight is 330 g/mol. The highest BCUT2D eigenvalue weighted by molar-refractivity contribution is 9.09. The van der Waals surface area contributed by atoms with Crippen LogP contribution in [0.4, 0.5) is 0 Å². The van der Waals surface area contributed by atoms with E-state index in [2.05, 4.69) is 41.9 Å². The molecule has 2 heteroatoms. The smallest absolute Gasteiger partial charge is 0.0451 e. The van der Waals surface area contributed by atoms with Crippen molar-refractivity contribution >= 4 is 27.5 Å². The highest BCUT2D eigenvalue weighted by Crippen LogP contribution is 2.55. The second-order valence-electron chi connectivity index (χ2n) is 6.08. The molecule has 2 rings (SSSR count). The van der Waals surface area contributed by atoms with Crippen LogP contribution >= 0.6 is 27.5 Å². The molecule has 1 saturated carbocycles. The zero-order valence-electron chi connectivity index (χ0n) is 11.3. The van der Waals surface area contributed by atoms with Gasteiger partial charge in [-0.25, -0.2) is 0 Å². The summed E-state index contributed by atoms with van der Waals surface area (Å²) in [5, 5.41) is 0.822. The topological polar surface area (TPSA) is 0 Å². The maximum absolute atomic E-state index is 5.98. The average Bonchev–Trinajstić information content (AvgIpc) is 2.78. The third-order valence-electron chi connectivity index (χ3n) is 4.11. The van der Waals surface area contributed by atoms with E-state index < -0.39 is 0 Å². The van der Waals surface area contributed by atoms with E-state index in [1.165, 1.54) is 37.7 Å². The van der Waals surface area contributed by atoms with Crippen molar-refractivity contribution in [2.24, 2.45) is 11.3 Å². The lowest BCUT2D eigenvalue weighted by atomic mass is 9.74. The van der Waals surface area contributed by atoms with Gasteiger partial charge in [-0.05, 0) is 48.3 Å². The molecule has 1 fully saturated rings. The van der Waals surface area contributed by atoms with Crippen LogP contribution in [0.2, 0.25) is 5.02 Å². The van der Waals surface area contributed by atoms with E-state index in [0.717, 1.165) is 10.9 Å². The molecule has 0 radical (unpaired) electrons. The molecular formula is C16H22BrCl. The number of hydrogen-bond donors (Lipinski definition) is 0. The first kappa shape index (κ1) is 14.4. The largest absolute Gasteiger partial charge is 0.0843 e. The van der Waals surface area contributed by atoms with E-state index >= 15 is 0 Å². The molecule has 0 spiro atoms. The van der Waals surface area contributed by atoms with E-state index in [-0.39, 0.29) is 0 Å². The van der Waals surface area contributed by atoms with Crippen LogP contribution in [0.15, 0.2) is 24.3 Å². The summed E-state index contributed by atoms with van der Waals surface area (Å²) in [5.41, 5.74) is 1.82. The minimum atomic E-state index is 0.446. The zero-order valence-corrected chi connectivity index (χ0v) is 13.6. The molecule has 1 unspecified atom stereocenters. The second kappa shape index (κ2) is 5.96. The zero-order chi connectivity index (χ0) is 13.2. The molecule has 0 heterocycles. The van der Waals surface area contributed by atoms with Crippen molar-refractivity contribution in [1.82, 2.24) is 0 Å². The van der Waals surface area contributed by atoms with Crippen LogP contribution in [0.1, 0.15) is 56.3 Å². The van der Waals surface area contributed by atoms with Crippen LogP contribution < -0.4 is 0 Å².